The van der Waals surface area contributed by atoms with Crippen LogP contribution in [0.25, 0.3) is 11.3 Å². The first-order valence-corrected chi connectivity index (χ1v) is 12.7. The van der Waals surface area contributed by atoms with Crippen LogP contribution in [0.5, 0.6) is 0 Å². The third-order valence-corrected chi connectivity index (χ3v) is 6.93. The average Bonchev–Trinajstić information content (AvgIpc) is 2.87. The van der Waals surface area contributed by atoms with E-state index in [0.29, 0.717) is 47.5 Å². The maximum Gasteiger partial charge on any atom is 0.254 e. The lowest BCUT2D eigenvalue weighted by Gasteiger charge is -2.37. The number of amides is 2. The minimum absolute atomic E-state index is 0.0518. The van der Waals surface area contributed by atoms with Gasteiger partial charge < -0.3 is 14.7 Å². The summed E-state index contributed by atoms with van der Waals surface area (Å²) in [7, 11) is 0. The molecule has 4 rings (SSSR count). The highest BCUT2D eigenvalue weighted by molar-refractivity contribution is 6.36. The van der Waals surface area contributed by atoms with E-state index in [4.69, 9.17) is 23.2 Å². The van der Waals surface area contributed by atoms with Crippen LogP contribution >= 0.6 is 23.2 Å². The van der Waals surface area contributed by atoms with E-state index in [1.807, 2.05) is 68.1 Å². The minimum atomic E-state index is -0.119. The fourth-order valence-corrected chi connectivity index (χ4v) is 4.73. The lowest BCUT2D eigenvalue weighted by atomic mass is 10.1. The van der Waals surface area contributed by atoms with Gasteiger partial charge in [0.25, 0.3) is 5.91 Å². The lowest BCUT2D eigenvalue weighted by molar-refractivity contribution is -0.132. The number of aromatic nitrogens is 2. The molecule has 1 saturated heterocycles. The second-order valence-corrected chi connectivity index (χ2v) is 9.95. The highest BCUT2D eigenvalue weighted by Gasteiger charge is 2.27. The first-order chi connectivity index (χ1) is 17.2. The number of rotatable bonds is 6. The number of carbonyl (C=O) groups is 2. The predicted molar refractivity (Wildman–Crippen MR) is 144 cm³/mol. The van der Waals surface area contributed by atoms with Gasteiger partial charge in [0.2, 0.25) is 5.91 Å². The molecule has 0 N–H and O–H groups in total. The number of nitrogens with zero attached hydrogens (tertiary/aromatic N) is 5. The smallest absolute Gasteiger partial charge is 0.254 e. The molecule has 188 valence electrons. The summed E-state index contributed by atoms with van der Waals surface area (Å²) < 4.78 is 0. The number of hydrogen-bond donors (Lipinski definition) is 0. The van der Waals surface area contributed by atoms with Crippen LogP contribution in [0, 0.1) is 6.92 Å². The van der Waals surface area contributed by atoms with E-state index >= 15 is 0 Å². The molecule has 2 heterocycles. The largest absolute Gasteiger partial charge is 0.352 e. The predicted octanol–water partition coefficient (Wildman–Crippen LogP) is 4.96. The molecule has 3 aromatic rings. The van der Waals surface area contributed by atoms with Crippen LogP contribution in [0.15, 0.2) is 54.6 Å². The zero-order valence-electron chi connectivity index (χ0n) is 20.6. The summed E-state index contributed by atoms with van der Waals surface area (Å²) in [6.07, 6.45) is 0. The van der Waals surface area contributed by atoms with Crippen molar-refractivity contribution in [3.63, 3.8) is 0 Å². The van der Waals surface area contributed by atoms with Crippen LogP contribution in [-0.2, 0) is 4.79 Å². The fourth-order valence-electron chi connectivity index (χ4n) is 4.22. The van der Waals surface area contributed by atoms with Crippen molar-refractivity contribution in [2.45, 2.75) is 26.8 Å². The number of hydrogen-bond acceptors (Lipinski definition) is 5. The van der Waals surface area contributed by atoms with Crippen LogP contribution < -0.4 is 4.90 Å². The molecule has 9 heteroatoms. The normalized spacial score (nSPS) is 13.7. The van der Waals surface area contributed by atoms with Crippen molar-refractivity contribution in [1.29, 1.82) is 0 Å². The molecule has 0 saturated carbocycles. The third kappa shape index (κ3) is 5.79. The van der Waals surface area contributed by atoms with Gasteiger partial charge in [0.15, 0.2) is 5.82 Å². The van der Waals surface area contributed by atoms with Crippen molar-refractivity contribution in [1.82, 2.24) is 20.0 Å². The molecule has 1 fully saturated rings. The van der Waals surface area contributed by atoms with Crippen molar-refractivity contribution in [2.24, 2.45) is 0 Å². The first-order valence-electron chi connectivity index (χ1n) is 11.9. The highest BCUT2D eigenvalue weighted by atomic mass is 35.5. The Morgan fingerprint density at radius 3 is 2.31 bits per heavy atom. The number of anilines is 1. The molecular formula is C27H29Cl2N5O2. The maximum absolute atomic E-state index is 13.1. The standard InChI is InChI=1S/C27H29Cl2N5O2/c1-18(2)34(27(36)21-7-5-4-6-19(21)3)17-26(35)33-14-12-32(13-15-33)25-11-10-24(30-31-25)22-9-8-20(28)16-23(22)29/h4-11,16,18H,12-15,17H2,1-3H3. The molecule has 0 spiro atoms. The van der Waals surface area contributed by atoms with Gasteiger partial charge in [-0.05, 0) is 62.7 Å². The van der Waals surface area contributed by atoms with Crippen molar-refractivity contribution in [3.8, 4) is 11.3 Å². The zero-order valence-corrected chi connectivity index (χ0v) is 22.1. The van der Waals surface area contributed by atoms with Crippen molar-refractivity contribution >= 4 is 40.8 Å². The van der Waals surface area contributed by atoms with Crippen molar-refractivity contribution in [3.05, 3.63) is 75.8 Å². The second kappa shape index (κ2) is 11.3. The van der Waals surface area contributed by atoms with Crippen LogP contribution in [0.1, 0.15) is 29.8 Å². The van der Waals surface area contributed by atoms with Gasteiger partial charge in [-0.15, -0.1) is 10.2 Å². The quantitative estimate of drug-likeness (QED) is 0.454. The summed E-state index contributed by atoms with van der Waals surface area (Å²) in [5.74, 6) is 0.574. The monoisotopic (exact) mass is 525 g/mol. The molecule has 0 aliphatic carbocycles. The summed E-state index contributed by atoms with van der Waals surface area (Å²) in [6.45, 7) is 8.20. The zero-order chi connectivity index (χ0) is 25.8. The Balaban J connectivity index is 1.36. The van der Waals surface area contributed by atoms with Gasteiger partial charge in [0, 0.05) is 48.4 Å². The summed E-state index contributed by atoms with van der Waals surface area (Å²) in [5, 5.41) is 9.80. The lowest BCUT2D eigenvalue weighted by Crippen LogP contribution is -2.53. The van der Waals surface area contributed by atoms with Crippen molar-refractivity contribution in [2.75, 3.05) is 37.6 Å². The number of aryl methyl sites for hydroxylation is 1. The van der Waals surface area contributed by atoms with E-state index in [0.717, 1.165) is 16.9 Å². The summed E-state index contributed by atoms with van der Waals surface area (Å²) in [6, 6.07) is 16.4. The van der Waals surface area contributed by atoms with E-state index in [1.165, 1.54) is 0 Å². The Morgan fingerprint density at radius 1 is 0.972 bits per heavy atom. The van der Waals surface area contributed by atoms with Gasteiger partial charge in [0.1, 0.15) is 6.54 Å². The molecule has 1 aliphatic rings. The molecule has 2 amide bonds. The van der Waals surface area contributed by atoms with Gasteiger partial charge >= 0.3 is 0 Å². The van der Waals surface area contributed by atoms with Crippen LogP contribution in [0.3, 0.4) is 0 Å². The number of halogens is 2. The van der Waals surface area contributed by atoms with E-state index in [-0.39, 0.29) is 24.4 Å². The fraction of sp³-hybridized carbons (Fsp3) is 0.333. The van der Waals surface area contributed by atoms with E-state index < -0.39 is 0 Å². The van der Waals surface area contributed by atoms with Crippen LogP contribution in [0.2, 0.25) is 10.0 Å². The molecule has 0 bridgehead atoms. The first kappa shape index (κ1) is 25.9. The third-order valence-electron chi connectivity index (χ3n) is 6.38. The topological polar surface area (TPSA) is 69.6 Å². The second-order valence-electron chi connectivity index (χ2n) is 9.11. The average molecular weight is 526 g/mol. The Labute approximate surface area is 221 Å². The van der Waals surface area contributed by atoms with Gasteiger partial charge in [-0.1, -0.05) is 41.4 Å². The minimum Gasteiger partial charge on any atom is -0.352 e. The molecular weight excluding hydrogens is 497 g/mol. The molecule has 2 aromatic carbocycles. The van der Waals surface area contributed by atoms with Gasteiger partial charge in [-0.3, -0.25) is 9.59 Å². The molecule has 0 radical (unpaired) electrons. The number of piperazine rings is 1. The summed E-state index contributed by atoms with van der Waals surface area (Å²) in [4.78, 5) is 31.8. The van der Waals surface area contributed by atoms with E-state index in [2.05, 4.69) is 15.1 Å². The summed E-state index contributed by atoms with van der Waals surface area (Å²) >= 11 is 12.3. The molecule has 0 unspecified atom stereocenters. The van der Waals surface area contributed by atoms with Crippen LogP contribution in [-0.4, -0.2) is 70.6 Å². The Hall–Kier alpha value is -3.16. The summed E-state index contributed by atoms with van der Waals surface area (Å²) in [5.41, 5.74) is 2.97. The molecule has 1 aromatic heterocycles. The van der Waals surface area contributed by atoms with Gasteiger partial charge in [-0.25, -0.2) is 0 Å². The van der Waals surface area contributed by atoms with Crippen molar-refractivity contribution < 1.29 is 9.59 Å². The Bertz CT molecular complexity index is 1240. The maximum atomic E-state index is 13.1. The molecule has 7 nitrogen and oxygen atoms in total. The molecule has 1 aliphatic heterocycles. The number of benzene rings is 2. The number of carbonyl (C=O) groups excluding carboxylic acids is 2. The molecule has 0 atom stereocenters. The van der Waals surface area contributed by atoms with Crippen LogP contribution in [0.4, 0.5) is 5.82 Å². The Morgan fingerprint density at radius 2 is 1.69 bits per heavy atom. The SMILES string of the molecule is Cc1ccccc1C(=O)N(CC(=O)N1CCN(c2ccc(-c3ccc(Cl)cc3Cl)nn2)CC1)C(C)C. The highest BCUT2D eigenvalue weighted by Crippen LogP contribution is 2.29. The molecule has 36 heavy (non-hydrogen) atoms. The van der Waals surface area contributed by atoms with E-state index in [9.17, 15) is 9.59 Å². The van der Waals surface area contributed by atoms with Gasteiger partial charge in [0.05, 0.1) is 10.7 Å². The van der Waals surface area contributed by atoms with E-state index in [1.54, 1.807) is 17.0 Å². The Kier molecular flexibility index (Phi) is 8.11. The van der Waals surface area contributed by atoms with Gasteiger partial charge in [-0.2, -0.15) is 0 Å².